The number of carbonyl (C=O) groups is 1. The SMILES string of the molecule is CCNC(=O)c1cccc(I)c1C. The molecule has 0 saturated carbocycles. The van der Waals surface area contributed by atoms with Crippen LogP contribution in [0.15, 0.2) is 18.2 Å². The summed E-state index contributed by atoms with van der Waals surface area (Å²) >= 11 is 2.23. The van der Waals surface area contributed by atoms with Crippen LogP contribution in [-0.2, 0) is 0 Å². The summed E-state index contributed by atoms with van der Waals surface area (Å²) in [7, 11) is 0. The molecule has 0 radical (unpaired) electrons. The molecule has 1 N–H and O–H groups in total. The zero-order chi connectivity index (χ0) is 9.84. The Morgan fingerprint density at radius 1 is 1.54 bits per heavy atom. The largest absolute Gasteiger partial charge is 0.352 e. The van der Waals surface area contributed by atoms with Gasteiger partial charge in [0.25, 0.3) is 5.91 Å². The molecule has 0 aliphatic heterocycles. The topological polar surface area (TPSA) is 29.1 Å². The van der Waals surface area contributed by atoms with Crippen molar-refractivity contribution in [2.24, 2.45) is 0 Å². The number of rotatable bonds is 2. The Morgan fingerprint density at radius 3 is 2.85 bits per heavy atom. The summed E-state index contributed by atoms with van der Waals surface area (Å²) in [5.41, 5.74) is 1.82. The van der Waals surface area contributed by atoms with Crippen molar-refractivity contribution < 1.29 is 4.79 Å². The molecule has 0 fully saturated rings. The van der Waals surface area contributed by atoms with Gasteiger partial charge in [0.05, 0.1) is 0 Å². The van der Waals surface area contributed by atoms with Crippen LogP contribution < -0.4 is 5.32 Å². The lowest BCUT2D eigenvalue weighted by molar-refractivity contribution is 0.0955. The molecule has 0 aliphatic rings. The van der Waals surface area contributed by atoms with Crippen molar-refractivity contribution in [3.05, 3.63) is 32.9 Å². The van der Waals surface area contributed by atoms with E-state index in [4.69, 9.17) is 0 Å². The maximum atomic E-state index is 11.5. The third-order valence-electron chi connectivity index (χ3n) is 1.85. The Hall–Kier alpha value is -0.580. The Labute approximate surface area is 91.9 Å². The minimum Gasteiger partial charge on any atom is -0.352 e. The van der Waals surface area contributed by atoms with Crippen molar-refractivity contribution in [1.29, 1.82) is 0 Å². The van der Waals surface area contributed by atoms with Crippen LogP contribution in [0, 0.1) is 10.5 Å². The molecule has 0 bridgehead atoms. The fourth-order valence-electron chi connectivity index (χ4n) is 1.11. The molecule has 2 nitrogen and oxygen atoms in total. The monoisotopic (exact) mass is 289 g/mol. The van der Waals surface area contributed by atoms with E-state index in [2.05, 4.69) is 27.9 Å². The minimum absolute atomic E-state index is 0.0125. The summed E-state index contributed by atoms with van der Waals surface area (Å²) in [6.45, 7) is 4.55. The first-order chi connectivity index (χ1) is 6.16. The Balaban J connectivity index is 3.01. The van der Waals surface area contributed by atoms with Crippen LogP contribution in [0.2, 0.25) is 0 Å². The predicted molar refractivity (Wildman–Crippen MR) is 61.9 cm³/mol. The standard InChI is InChI=1S/C10H12INO/c1-3-12-10(13)8-5-4-6-9(11)7(8)2/h4-6H,3H2,1-2H3,(H,12,13). The van der Waals surface area contributed by atoms with E-state index in [0.29, 0.717) is 6.54 Å². The average Bonchev–Trinajstić information content (AvgIpc) is 2.10. The summed E-state index contributed by atoms with van der Waals surface area (Å²) in [6, 6.07) is 5.75. The first-order valence-electron chi connectivity index (χ1n) is 4.20. The summed E-state index contributed by atoms with van der Waals surface area (Å²) in [5, 5.41) is 2.79. The second-order valence-corrected chi connectivity index (χ2v) is 3.93. The highest BCUT2D eigenvalue weighted by Crippen LogP contribution is 2.15. The molecule has 0 unspecified atom stereocenters. The number of amides is 1. The third-order valence-corrected chi connectivity index (χ3v) is 3.02. The van der Waals surface area contributed by atoms with Gasteiger partial charge in [0, 0.05) is 15.7 Å². The normalized spacial score (nSPS) is 9.77. The van der Waals surface area contributed by atoms with E-state index in [1.165, 1.54) is 0 Å². The summed E-state index contributed by atoms with van der Waals surface area (Å²) in [6.07, 6.45) is 0. The van der Waals surface area contributed by atoms with Crippen LogP contribution >= 0.6 is 22.6 Å². The minimum atomic E-state index is 0.0125. The van der Waals surface area contributed by atoms with E-state index in [1.54, 1.807) is 0 Å². The number of hydrogen-bond donors (Lipinski definition) is 1. The van der Waals surface area contributed by atoms with Crippen LogP contribution in [0.5, 0.6) is 0 Å². The first kappa shape index (κ1) is 10.5. The molecule has 70 valence electrons. The van der Waals surface area contributed by atoms with Gasteiger partial charge in [-0.15, -0.1) is 0 Å². The summed E-state index contributed by atoms with van der Waals surface area (Å²) < 4.78 is 1.13. The predicted octanol–water partition coefficient (Wildman–Crippen LogP) is 2.35. The highest BCUT2D eigenvalue weighted by atomic mass is 127. The second kappa shape index (κ2) is 4.60. The third kappa shape index (κ3) is 2.43. The zero-order valence-corrected chi connectivity index (χ0v) is 9.88. The van der Waals surface area contributed by atoms with E-state index < -0.39 is 0 Å². The van der Waals surface area contributed by atoms with Crippen LogP contribution in [0.1, 0.15) is 22.8 Å². The highest BCUT2D eigenvalue weighted by molar-refractivity contribution is 14.1. The quantitative estimate of drug-likeness (QED) is 0.832. The van der Waals surface area contributed by atoms with Gasteiger partial charge in [0.1, 0.15) is 0 Å². The van der Waals surface area contributed by atoms with Crippen molar-refractivity contribution in [3.8, 4) is 0 Å². The Bertz CT molecular complexity index is 323. The van der Waals surface area contributed by atoms with Gasteiger partial charge in [-0.2, -0.15) is 0 Å². The van der Waals surface area contributed by atoms with Crippen molar-refractivity contribution in [2.45, 2.75) is 13.8 Å². The van der Waals surface area contributed by atoms with Gasteiger partial charge in [-0.05, 0) is 54.1 Å². The second-order valence-electron chi connectivity index (χ2n) is 2.77. The van der Waals surface area contributed by atoms with Crippen LogP contribution in [0.4, 0.5) is 0 Å². The Kier molecular flexibility index (Phi) is 3.71. The lowest BCUT2D eigenvalue weighted by Crippen LogP contribution is -2.23. The Morgan fingerprint density at radius 2 is 2.23 bits per heavy atom. The maximum Gasteiger partial charge on any atom is 0.251 e. The number of benzene rings is 1. The first-order valence-corrected chi connectivity index (χ1v) is 5.28. The van der Waals surface area contributed by atoms with E-state index in [9.17, 15) is 4.79 Å². The van der Waals surface area contributed by atoms with Crippen LogP contribution in [0.3, 0.4) is 0 Å². The molecule has 1 aromatic carbocycles. The molecule has 1 aromatic rings. The summed E-state index contributed by atoms with van der Waals surface area (Å²) in [5.74, 6) is 0.0125. The van der Waals surface area contributed by atoms with Crippen LogP contribution in [0.25, 0.3) is 0 Å². The molecule has 0 saturated heterocycles. The molecular formula is C10H12INO. The van der Waals surface area contributed by atoms with E-state index in [-0.39, 0.29) is 5.91 Å². The lowest BCUT2D eigenvalue weighted by Gasteiger charge is -2.06. The molecule has 0 spiro atoms. The number of hydrogen-bond acceptors (Lipinski definition) is 1. The van der Waals surface area contributed by atoms with Gasteiger partial charge >= 0.3 is 0 Å². The molecule has 3 heteroatoms. The van der Waals surface area contributed by atoms with Gasteiger partial charge in [-0.1, -0.05) is 6.07 Å². The smallest absolute Gasteiger partial charge is 0.251 e. The van der Waals surface area contributed by atoms with Gasteiger partial charge in [-0.25, -0.2) is 0 Å². The fraction of sp³-hybridized carbons (Fsp3) is 0.300. The van der Waals surface area contributed by atoms with Gasteiger partial charge in [0.2, 0.25) is 0 Å². The van der Waals surface area contributed by atoms with Crippen molar-refractivity contribution in [1.82, 2.24) is 5.32 Å². The highest BCUT2D eigenvalue weighted by Gasteiger charge is 2.08. The molecule has 0 heterocycles. The van der Waals surface area contributed by atoms with Crippen LogP contribution in [-0.4, -0.2) is 12.5 Å². The molecular weight excluding hydrogens is 277 g/mol. The number of halogens is 1. The van der Waals surface area contributed by atoms with Gasteiger partial charge < -0.3 is 5.32 Å². The number of carbonyl (C=O) groups excluding carboxylic acids is 1. The molecule has 0 aliphatic carbocycles. The number of nitrogens with one attached hydrogen (secondary N) is 1. The van der Waals surface area contributed by atoms with E-state index >= 15 is 0 Å². The summed E-state index contributed by atoms with van der Waals surface area (Å²) in [4.78, 5) is 11.5. The maximum absolute atomic E-state index is 11.5. The van der Waals surface area contributed by atoms with E-state index in [1.807, 2.05) is 32.0 Å². The molecule has 13 heavy (non-hydrogen) atoms. The fourth-order valence-corrected chi connectivity index (χ4v) is 1.61. The molecule has 1 rings (SSSR count). The van der Waals surface area contributed by atoms with Crippen molar-refractivity contribution in [3.63, 3.8) is 0 Å². The average molecular weight is 289 g/mol. The zero-order valence-electron chi connectivity index (χ0n) is 7.73. The van der Waals surface area contributed by atoms with E-state index in [0.717, 1.165) is 14.7 Å². The molecule has 0 aromatic heterocycles. The van der Waals surface area contributed by atoms with Gasteiger partial charge in [0.15, 0.2) is 0 Å². The van der Waals surface area contributed by atoms with Crippen molar-refractivity contribution in [2.75, 3.05) is 6.54 Å². The molecule has 0 atom stereocenters. The van der Waals surface area contributed by atoms with Crippen molar-refractivity contribution >= 4 is 28.5 Å². The van der Waals surface area contributed by atoms with Gasteiger partial charge in [-0.3, -0.25) is 4.79 Å². The molecule has 1 amide bonds. The lowest BCUT2D eigenvalue weighted by atomic mass is 10.1.